The van der Waals surface area contributed by atoms with E-state index >= 15 is 0 Å². The monoisotopic (exact) mass is 441 g/mol. The Labute approximate surface area is 183 Å². The Bertz CT molecular complexity index is 650. The van der Waals surface area contributed by atoms with Crippen molar-refractivity contribution in [3.05, 3.63) is 11.6 Å². The fourth-order valence-corrected chi connectivity index (χ4v) is 5.07. The predicted molar refractivity (Wildman–Crippen MR) is 121 cm³/mol. The molecule has 2 heterocycles. The van der Waals surface area contributed by atoms with Crippen molar-refractivity contribution in [1.29, 1.82) is 0 Å². The number of ketones is 1. The lowest BCUT2D eigenvalue weighted by atomic mass is 9.73. The van der Waals surface area contributed by atoms with E-state index < -0.39 is 23.4 Å². The van der Waals surface area contributed by atoms with Crippen molar-refractivity contribution in [3.8, 4) is 0 Å². The summed E-state index contributed by atoms with van der Waals surface area (Å²) in [5.74, 6) is -0.753. The minimum atomic E-state index is -1.12. The second kappa shape index (κ2) is 10.7. The maximum Gasteiger partial charge on any atom is 0.309 e. The molecule has 2 fully saturated rings. The van der Waals surface area contributed by atoms with Gasteiger partial charge in [-0.2, -0.15) is 0 Å². The summed E-state index contributed by atoms with van der Waals surface area (Å²) in [7, 11) is 2.30. The highest BCUT2D eigenvalue weighted by atomic mass is 31.0. The van der Waals surface area contributed by atoms with Crippen LogP contribution in [-0.4, -0.2) is 47.3 Å². The summed E-state index contributed by atoms with van der Waals surface area (Å²) in [6, 6.07) is 0.784. The number of ether oxygens (including phenoxy) is 1. The molecule has 0 aliphatic carbocycles. The number of fused-ring (bicyclic) bond motifs is 1. The first-order valence-corrected chi connectivity index (χ1v) is 11.7. The van der Waals surface area contributed by atoms with E-state index in [4.69, 9.17) is 9.26 Å². The van der Waals surface area contributed by atoms with Crippen molar-refractivity contribution in [1.82, 2.24) is 5.32 Å². The van der Waals surface area contributed by atoms with Gasteiger partial charge in [-0.15, -0.1) is 0 Å². The number of aliphatic hydroxyl groups excluding tert-OH is 1. The Morgan fingerprint density at radius 3 is 2.53 bits per heavy atom. The maximum atomic E-state index is 13.2. The van der Waals surface area contributed by atoms with Crippen molar-refractivity contribution in [2.75, 3.05) is 0 Å². The van der Waals surface area contributed by atoms with E-state index in [1.807, 2.05) is 26.8 Å². The molecule has 0 aromatic rings. The Kier molecular flexibility index (Phi) is 9.05. The molecule has 0 saturated carbocycles. The fourth-order valence-electron chi connectivity index (χ4n) is 4.57. The first-order chi connectivity index (χ1) is 14.0. The molecule has 2 aliphatic rings. The predicted octanol–water partition coefficient (Wildman–Crippen LogP) is 3.57. The standard InChI is InChI=1S/C23H40NO5P/c1-7-13(2)18-11-17-16(24-17)10-8-9-14(3)21(29-30)15(4)22(27)23(5,6)19(25)12-20(26)28-18/h7,14-19,21,24-25H,8-12,30H2,1-6H3/b13-7+. The fraction of sp³-hybridized carbons (Fsp3) is 0.826. The normalized spacial score (nSPS) is 39.2. The van der Waals surface area contributed by atoms with Gasteiger partial charge in [0.2, 0.25) is 0 Å². The number of nitrogens with one attached hydrogen (secondary N) is 1. The van der Waals surface area contributed by atoms with E-state index in [1.54, 1.807) is 13.8 Å². The lowest BCUT2D eigenvalue weighted by Gasteiger charge is -2.35. The van der Waals surface area contributed by atoms with Crippen LogP contribution >= 0.6 is 9.47 Å². The summed E-state index contributed by atoms with van der Waals surface area (Å²) in [6.07, 6.45) is 3.88. The van der Waals surface area contributed by atoms with Crippen molar-refractivity contribution in [2.45, 2.75) is 104 Å². The summed E-state index contributed by atoms with van der Waals surface area (Å²) in [6.45, 7) is 11.3. The number of aliphatic hydroxyl groups is 1. The molecule has 8 atom stereocenters. The highest BCUT2D eigenvalue weighted by Gasteiger charge is 2.44. The molecule has 30 heavy (non-hydrogen) atoms. The number of allylic oxidation sites excluding steroid dienone is 1. The smallest absolute Gasteiger partial charge is 0.309 e. The average Bonchev–Trinajstić information content (AvgIpc) is 3.43. The van der Waals surface area contributed by atoms with Gasteiger partial charge in [-0.1, -0.05) is 40.2 Å². The van der Waals surface area contributed by atoms with E-state index in [-0.39, 0.29) is 30.3 Å². The van der Waals surface area contributed by atoms with Crippen LogP contribution in [-0.2, 0) is 18.8 Å². The molecule has 0 bridgehead atoms. The molecule has 2 N–H and O–H groups in total. The number of hydrogen-bond donors (Lipinski definition) is 2. The van der Waals surface area contributed by atoms with Gasteiger partial charge in [0.05, 0.1) is 24.0 Å². The second-order valence-electron chi connectivity index (χ2n) is 9.73. The van der Waals surface area contributed by atoms with Crippen molar-refractivity contribution < 1.29 is 24.0 Å². The van der Waals surface area contributed by atoms with Gasteiger partial charge in [0.1, 0.15) is 11.9 Å². The summed E-state index contributed by atoms with van der Waals surface area (Å²) < 4.78 is 11.4. The molecular weight excluding hydrogens is 401 g/mol. The number of esters is 1. The zero-order valence-electron chi connectivity index (χ0n) is 19.3. The van der Waals surface area contributed by atoms with Crippen LogP contribution in [0.4, 0.5) is 0 Å². The summed E-state index contributed by atoms with van der Waals surface area (Å²) >= 11 is 0. The minimum absolute atomic E-state index is 0.0979. The molecule has 0 spiro atoms. The molecule has 2 rings (SSSR count). The van der Waals surface area contributed by atoms with E-state index in [2.05, 4.69) is 21.7 Å². The van der Waals surface area contributed by atoms with Crippen LogP contribution < -0.4 is 5.32 Å². The Hall–Kier alpha value is -0.810. The zero-order valence-corrected chi connectivity index (χ0v) is 20.5. The van der Waals surface area contributed by atoms with Gasteiger partial charge in [0.15, 0.2) is 0 Å². The molecule has 0 radical (unpaired) electrons. The number of carbonyl (C=O) groups is 2. The minimum Gasteiger partial charge on any atom is -0.458 e. The Morgan fingerprint density at radius 1 is 1.27 bits per heavy atom. The van der Waals surface area contributed by atoms with Crippen molar-refractivity contribution >= 4 is 21.2 Å². The van der Waals surface area contributed by atoms with Crippen LogP contribution in [0.25, 0.3) is 0 Å². The summed E-state index contributed by atoms with van der Waals surface area (Å²) in [4.78, 5) is 25.9. The second-order valence-corrected chi connectivity index (χ2v) is 10.0. The summed E-state index contributed by atoms with van der Waals surface area (Å²) in [5.41, 5.74) is -0.0743. The van der Waals surface area contributed by atoms with E-state index in [0.29, 0.717) is 12.1 Å². The Balaban J connectivity index is 2.24. The van der Waals surface area contributed by atoms with Gasteiger partial charge < -0.3 is 19.7 Å². The third-order valence-electron chi connectivity index (χ3n) is 7.14. The first kappa shape index (κ1) is 25.5. The molecule has 8 unspecified atom stereocenters. The number of rotatable bonds is 2. The van der Waals surface area contributed by atoms with Crippen LogP contribution in [0.5, 0.6) is 0 Å². The molecular formula is C23H40NO5P. The Morgan fingerprint density at radius 2 is 1.93 bits per heavy atom. The lowest BCUT2D eigenvalue weighted by Crippen LogP contribution is -2.46. The average molecular weight is 442 g/mol. The largest absolute Gasteiger partial charge is 0.458 e. The molecule has 2 saturated heterocycles. The quantitative estimate of drug-likeness (QED) is 0.294. The van der Waals surface area contributed by atoms with Gasteiger partial charge in [-0.3, -0.25) is 9.59 Å². The first-order valence-electron chi connectivity index (χ1n) is 11.2. The lowest BCUT2D eigenvalue weighted by molar-refractivity contribution is -0.154. The molecule has 172 valence electrons. The number of cyclic esters (lactones) is 1. The van der Waals surface area contributed by atoms with E-state index in [9.17, 15) is 14.7 Å². The van der Waals surface area contributed by atoms with Gasteiger partial charge in [0.25, 0.3) is 0 Å². The number of carbonyl (C=O) groups excluding carboxylic acids is 2. The third kappa shape index (κ3) is 6.12. The molecule has 6 nitrogen and oxygen atoms in total. The molecule has 0 amide bonds. The third-order valence-corrected chi connectivity index (χ3v) is 7.45. The van der Waals surface area contributed by atoms with Gasteiger partial charge in [-0.05, 0) is 38.2 Å². The molecule has 2 aliphatic heterocycles. The van der Waals surface area contributed by atoms with Crippen molar-refractivity contribution in [3.63, 3.8) is 0 Å². The van der Waals surface area contributed by atoms with Crippen LogP contribution in [0.1, 0.15) is 73.6 Å². The van der Waals surface area contributed by atoms with Crippen LogP contribution in [0.3, 0.4) is 0 Å². The van der Waals surface area contributed by atoms with Gasteiger partial charge in [-0.25, -0.2) is 0 Å². The maximum absolute atomic E-state index is 13.2. The van der Waals surface area contributed by atoms with Crippen LogP contribution in [0, 0.1) is 17.3 Å². The zero-order chi connectivity index (χ0) is 22.6. The summed E-state index contributed by atoms with van der Waals surface area (Å²) in [5, 5.41) is 14.3. The molecule has 0 aromatic carbocycles. The van der Waals surface area contributed by atoms with Gasteiger partial charge in [0, 0.05) is 33.9 Å². The van der Waals surface area contributed by atoms with Gasteiger partial charge >= 0.3 is 5.97 Å². The highest BCUT2D eigenvalue weighted by Crippen LogP contribution is 2.35. The van der Waals surface area contributed by atoms with E-state index in [1.165, 1.54) is 0 Å². The molecule has 7 heteroatoms. The molecule has 0 aromatic heterocycles. The van der Waals surface area contributed by atoms with Crippen molar-refractivity contribution in [2.24, 2.45) is 17.3 Å². The van der Waals surface area contributed by atoms with Crippen LogP contribution in [0.15, 0.2) is 11.6 Å². The van der Waals surface area contributed by atoms with E-state index in [0.717, 1.165) is 31.3 Å². The number of Topliss-reactive ketones (excluding diaryl/α,β-unsaturated/α-hetero) is 1. The topological polar surface area (TPSA) is 94.8 Å². The SMILES string of the molecule is C/C=C(\C)C1CC2NC2CCCC(C)C(OP)C(C)C(=O)C(C)(C)C(O)CC(=O)O1. The highest BCUT2D eigenvalue weighted by molar-refractivity contribution is 7.09. The number of hydrogen-bond acceptors (Lipinski definition) is 6. The van der Waals surface area contributed by atoms with Crippen LogP contribution in [0.2, 0.25) is 0 Å².